The largest absolute Gasteiger partial charge is 0.481 e. The number of aromatic nitrogens is 2. The Morgan fingerprint density at radius 1 is 1.58 bits per heavy atom. The average Bonchev–Trinajstić information content (AvgIpc) is 2.83. The molecule has 2 rings (SSSR count). The molecule has 0 bridgehead atoms. The Balaban J connectivity index is 2.01. The summed E-state index contributed by atoms with van der Waals surface area (Å²) in [6, 6.07) is 5.68. The molecule has 0 unspecified atom stereocenters. The lowest BCUT2D eigenvalue weighted by Gasteiger charge is -2.00. The van der Waals surface area contributed by atoms with Gasteiger partial charge in [0.25, 0.3) is 0 Å². The molecule has 96 valence electrons. The van der Waals surface area contributed by atoms with Gasteiger partial charge in [0.2, 0.25) is 0 Å². The van der Waals surface area contributed by atoms with Crippen LogP contribution in [0.4, 0.5) is 0 Å². The van der Waals surface area contributed by atoms with Gasteiger partial charge in [-0.05, 0) is 11.6 Å². The van der Waals surface area contributed by atoms with Crippen LogP contribution in [-0.4, -0.2) is 21.0 Å². The average molecular weight is 291 g/mol. The molecule has 0 aromatic carbocycles. The third-order valence-electron chi connectivity index (χ3n) is 2.21. The minimum atomic E-state index is -0.888. The van der Waals surface area contributed by atoms with E-state index in [-0.39, 0.29) is 6.42 Å². The first-order valence-electron chi connectivity index (χ1n) is 5.32. The van der Waals surface area contributed by atoms with Crippen LogP contribution in [0.3, 0.4) is 0 Å². The first-order chi connectivity index (χ1) is 9.19. The molecule has 0 aliphatic heterocycles. The van der Waals surface area contributed by atoms with Gasteiger partial charge in [-0.3, -0.25) is 4.79 Å². The van der Waals surface area contributed by atoms with E-state index in [2.05, 4.69) is 9.97 Å². The molecule has 0 atom stereocenters. The molecule has 0 radical (unpaired) electrons. The first kappa shape index (κ1) is 13.5. The molecule has 0 fully saturated rings. The maximum Gasteiger partial charge on any atom is 0.309 e. The summed E-state index contributed by atoms with van der Waals surface area (Å²) >= 11 is 2.88. The predicted octanol–water partition coefficient (Wildman–Crippen LogP) is 2.33. The van der Waals surface area contributed by atoms with E-state index in [1.807, 2.05) is 12.1 Å². The van der Waals surface area contributed by atoms with Crippen LogP contribution in [0.15, 0.2) is 28.0 Å². The molecule has 2 heterocycles. The van der Waals surface area contributed by atoms with Crippen LogP contribution >= 0.6 is 23.1 Å². The lowest BCUT2D eigenvalue weighted by Crippen LogP contribution is -1.99. The topological polar surface area (TPSA) is 86.9 Å². The normalized spacial score (nSPS) is 10.1. The van der Waals surface area contributed by atoms with E-state index in [4.69, 9.17) is 10.4 Å². The number of carboxylic acid groups (broad SMARTS) is 1. The highest BCUT2D eigenvalue weighted by molar-refractivity contribution is 8.00. The molecule has 2 aromatic heterocycles. The van der Waals surface area contributed by atoms with E-state index in [0.29, 0.717) is 17.1 Å². The smallest absolute Gasteiger partial charge is 0.309 e. The zero-order valence-corrected chi connectivity index (χ0v) is 11.4. The molecule has 0 saturated carbocycles. The lowest BCUT2D eigenvalue weighted by atomic mass is 10.2. The van der Waals surface area contributed by atoms with Crippen LogP contribution in [0.2, 0.25) is 0 Å². The van der Waals surface area contributed by atoms with Gasteiger partial charge in [0, 0.05) is 17.3 Å². The van der Waals surface area contributed by atoms with Gasteiger partial charge >= 0.3 is 5.97 Å². The number of rotatable bonds is 5. The molecule has 0 spiro atoms. The van der Waals surface area contributed by atoms with Crippen molar-refractivity contribution in [3.63, 3.8) is 0 Å². The van der Waals surface area contributed by atoms with Crippen LogP contribution in [0.5, 0.6) is 0 Å². The fraction of sp³-hybridized carbons (Fsp3) is 0.167. The SMILES string of the molecule is N#Cc1ncccc1CSc1nc(CC(=O)O)cs1. The molecule has 1 N–H and O–H groups in total. The third kappa shape index (κ3) is 3.77. The molecule has 0 amide bonds. The number of nitrogens with zero attached hydrogens (tertiary/aromatic N) is 3. The molecule has 2 aromatic rings. The number of hydrogen-bond donors (Lipinski definition) is 1. The Labute approximate surface area is 117 Å². The van der Waals surface area contributed by atoms with Crippen molar-refractivity contribution >= 4 is 29.1 Å². The zero-order valence-electron chi connectivity index (χ0n) is 9.74. The quantitative estimate of drug-likeness (QED) is 0.851. The molecule has 7 heteroatoms. The van der Waals surface area contributed by atoms with Crippen molar-refractivity contribution in [2.75, 3.05) is 0 Å². The van der Waals surface area contributed by atoms with E-state index < -0.39 is 5.97 Å². The Kier molecular flexibility index (Phi) is 4.49. The van der Waals surface area contributed by atoms with Crippen molar-refractivity contribution < 1.29 is 9.90 Å². The summed E-state index contributed by atoms with van der Waals surface area (Å²) < 4.78 is 0.795. The molecule has 0 saturated heterocycles. The van der Waals surface area contributed by atoms with Crippen molar-refractivity contribution in [2.45, 2.75) is 16.5 Å². The number of thiazole rings is 1. The number of aliphatic carboxylic acids is 1. The van der Waals surface area contributed by atoms with Crippen molar-refractivity contribution in [3.05, 3.63) is 40.7 Å². The lowest BCUT2D eigenvalue weighted by molar-refractivity contribution is -0.136. The fourth-order valence-electron chi connectivity index (χ4n) is 1.39. The van der Waals surface area contributed by atoms with Crippen molar-refractivity contribution in [2.24, 2.45) is 0 Å². The van der Waals surface area contributed by atoms with Gasteiger partial charge in [-0.2, -0.15) is 5.26 Å². The number of pyridine rings is 1. The monoisotopic (exact) mass is 291 g/mol. The van der Waals surface area contributed by atoms with Crippen LogP contribution in [-0.2, 0) is 17.0 Å². The molecule has 0 aliphatic carbocycles. The summed E-state index contributed by atoms with van der Waals surface area (Å²) in [5.41, 5.74) is 1.83. The van der Waals surface area contributed by atoms with E-state index in [1.54, 1.807) is 17.6 Å². The Bertz CT molecular complexity index is 634. The minimum Gasteiger partial charge on any atom is -0.481 e. The van der Waals surface area contributed by atoms with E-state index in [9.17, 15) is 4.79 Å². The molecular formula is C12H9N3O2S2. The number of thioether (sulfide) groups is 1. The highest BCUT2D eigenvalue weighted by Crippen LogP contribution is 2.27. The molecule has 0 aliphatic rings. The van der Waals surface area contributed by atoms with E-state index in [1.165, 1.54) is 23.1 Å². The summed E-state index contributed by atoms with van der Waals surface area (Å²) in [6.45, 7) is 0. The third-order valence-corrected chi connectivity index (χ3v) is 4.33. The fourth-order valence-corrected chi connectivity index (χ4v) is 3.22. The van der Waals surface area contributed by atoms with Gasteiger partial charge < -0.3 is 5.11 Å². The van der Waals surface area contributed by atoms with Gasteiger partial charge in [0.05, 0.1) is 12.1 Å². The second kappa shape index (κ2) is 6.31. The summed E-state index contributed by atoms with van der Waals surface area (Å²) in [5, 5.41) is 19.3. The van der Waals surface area contributed by atoms with Gasteiger partial charge in [-0.15, -0.1) is 11.3 Å². The van der Waals surface area contributed by atoms with E-state index >= 15 is 0 Å². The minimum absolute atomic E-state index is 0.0621. The Morgan fingerprint density at radius 2 is 2.42 bits per heavy atom. The predicted molar refractivity (Wildman–Crippen MR) is 72.0 cm³/mol. The van der Waals surface area contributed by atoms with Crippen molar-refractivity contribution in [3.8, 4) is 6.07 Å². The van der Waals surface area contributed by atoms with Crippen LogP contribution in [0.1, 0.15) is 17.0 Å². The highest BCUT2D eigenvalue weighted by atomic mass is 32.2. The number of carboxylic acids is 1. The second-order valence-corrected chi connectivity index (χ2v) is 5.67. The van der Waals surface area contributed by atoms with Gasteiger partial charge in [0.15, 0.2) is 0 Å². The zero-order chi connectivity index (χ0) is 13.7. The molecular weight excluding hydrogens is 282 g/mol. The summed E-state index contributed by atoms with van der Waals surface area (Å²) in [6.07, 6.45) is 1.52. The standard InChI is InChI=1S/C12H9N3O2S2/c13-5-10-8(2-1-3-14-10)6-18-12-15-9(7-19-12)4-11(16)17/h1-3,7H,4,6H2,(H,16,17). The highest BCUT2D eigenvalue weighted by Gasteiger charge is 2.08. The molecule has 5 nitrogen and oxygen atoms in total. The summed E-state index contributed by atoms with van der Waals surface area (Å²) in [7, 11) is 0. The van der Waals surface area contributed by atoms with Gasteiger partial charge in [-0.1, -0.05) is 17.8 Å². The second-order valence-electron chi connectivity index (χ2n) is 3.59. The number of hydrogen-bond acceptors (Lipinski definition) is 6. The Morgan fingerprint density at radius 3 is 3.16 bits per heavy atom. The van der Waals surface area contributed by atoms with Crippen molar-refractivity contribution in [1.82, 2.24) is 9.97 Å². The summed E-state index contributed by atoms with van der Waals surface area (Å²) in [4.78, 5) is 18.8. The van der Waals surface area contributed by atoms with Crippen molar-refractivity contribution in [1.29, 1.82) is 5.26 Å². The van der Waals surface area contributed by atoms with E-state index in [0.717, 1.165) is 9.90 Å². The molecule has 19 heavy (non-hydrogen) atoms. The van der Waals surface area contributed by atoms with Crippen LogP contribution in [0, 0.1) is 11.3 Å². The van der Waals surface area contributed by atoms with Crippen LogP contribution in [0.25, 0.3) is 0 Å². The number of nitriles is 1. The summed E-state index contributed by atoms with van der Waals surface area (Å²) in [5.74, 6) is -0.294. The van der Waals surface area contributed by atoms with Gasteiger partial charge in [-0.25, -0.2) is 9.97 Å². The maximum atomic E-state index is 10.6. The number of carbonyl (C=O) groups is 1. The maximum absolute atomic E-state index is 10.6. The Hall–Kier alpha value is -1.91. The van der Waals surface area contributed by atoms with Gasteiger partial charge in [0.1, 0.15) is 16.1 Å². The van der Waals surface area contributed by atoms with Crippen LogP contribution < -0.4 is 0 Å². The first-order valence-corrected chi connectivity index (χ1v) is 7.18.